The fourth-order valence-electron chi connectivity index (χ4n) is 2.18. The molecule has 0 bridgehead atoms. The van der Waals surface area contributed by atoms with Crippen LogP contribution in [0.3, 0.4) is 0 Å². The molecule has 0 aliphatic rings. The molecular formula is C14H16F3N3. The Labute approximate surface area is 115 Å². The van der Waals surface area contributed by atoms with Crippen molar-refractivity contribution in [3.8, 4) is 11.1 Å². The summed E-state index contributed by atoms with van der Waals surface area (Å²) < 4.78 is 40.8. The zero-order valence-corrected chi connectivity index (χ0v) is 11.1. The van der Waals surface area contributed by atoms with Crippen LogP contribution >= 0.6 is 0 Å². The number of aromatic nitrogens is 2. The second-order valence-electron chi connectivity index (χ2n) is 4.60. The highest BCUT2D eigenvalue weighted by atomic mass is 19.4. The smallest absolute Gasteiger partial charge is 0.330 e. The molecule has 0 amide bonds. The van der Waals surface area contributed by atoms with E-state index in [-0.39, 0.29) is 5.56 Å². The maximum atomic E-state index is 13.1. The molecule has 0 atom stereocenters. The molecule has 1 heterocycles. The summed E-state index contributed by atoms with van der Waals surface area (Å²) in [6.45, 7) is 0.483. The Morgan fingerprint density at radius 2 is 1.90 bits per heavy atom. The third-order valence-corrected chi connectivity index (χ3v) is 3.05. The van der Waals surface area contributed by atoms with Crippen molar-refractivity contribution in [2.45, 2.75) is 19.0 Å². The Hall–Kier alpha value is -1.82. The van der Waals surface area contributed by atoms with Gasteiger partial charge in [-0.1, -0.05) is 18.2 Å². The van der Waals surface area contributed by atoms with Crippen molar-refractivity contribution in [3.63, 3.8) is 0 Å². The molecule has 2 N–H and O–H groups in total. The number of rotatable bonds is 4. The number of aryl methyl sites for hydroxylation is 2. The molecular weight excluding hydrogens is 267 g/mol. The molecule has 2 rings (SSSR count). The van der Waals surface area contributed by atoms with E-state index in [1.807, 2.05) is 0 Å². The second kappa shape index (κ2) is 5.66. The highest BCUT2D eigenvalue weighted by molar-refractivity contribution is 5.69. The number of benzene rings is 1. The minimum atomic E-state index is -4.38. The van der Waals surface area contributed by atoms with Gasteiger partial charge in [0.15, 0.2) is 0 Å². The van der Waals surface area contributed by atoms with E-state index in [4.69, 9.17) is 5.73 Å². The first-order valence-electron chi connectivity index (χ1n) is 6.32. The summed E-state index contributed by atoms with van der Waals surface area (Å²) in [5.74, 6) is 0. The van der Waals surface area contributed by atoms with E-state index in [1.54, 1.807) is 19.3 Å². The van der Waals surface area contributed by atoms with Crippen LogP contribution in [0.1, 0.15) is 17.7 Å². The van der Waals surface area contributed by atoms with Crippen molar-refractivity contribution in [1.29, 1.82) is 0 Å². The molecule has 1 aromatic heterocycles. The summed E-state index contributed by atoms with van der Waals surface area (Å²) in [6, 6.07) is 5.56. The van der Waals surface area contributed by atoms with Crippen molar-refractivity contribution in [2.24, 2.45) is 12.8 Å². The average Bonchev–Trinajstić information content (AvgIpc) is 2.76. The van der Waals surface area contributed by atoms with Crippen molar-refractivity contribution in [1.82, 2.24) is 9.78 Å². The fourth-order valence-corrected chi connectivity index (χ4v) is 2.18. The Morgan fingerprint density at radius 1 is 1.20 bits per heavy atom. The highest BCUT2D eigenvalue weighted by Gasteiger charge is 2.34. The molecule has 0 unspecified atom stereocenters. The number of alkyl halides is 3. The fraction of sp³-hybridized carbons (Fsp3) is 0.357. The molecule has 0 saturated heterocycles. The quantitative estimate of drug-likeness (QED) is 0.937. The Bertz CT molecular complexity index is 588. The molecule has 20 heavy (non-hydrogen) atoms. The molecule has 3 nitrogen and oxygen atoms in total. The molecule has 0 radical (unpaired) electrons. The summed E-state index contributed by atoms with van der Waals surface area (Å²) in [6.07, 6.45) is -1.49. The molecule has 1 aromatic carbocycles. The third-order valence-electron chi connectivity index (χ3n) is 3.05. The topological polar surface area (TPSA) is 43.8 Å². The molecule has 0 aliphatic heterocycles. The van der Waals surface area contributed by atoms with E-state index >= 15 is 0 Å². The molecule has 0 saturated carbocycles. The Balaban J connectivity index is 2.52. The van der Waals surface area contributed by atoms with Gasteiger partial charge in [-0.25, -0.2) is 0 Å². The first-order valence-corrected chi connectivity index (χ1v) is 6.32. The van der Waals surface area contributed by atoms with Gasteiger partial charge in [0.2, 0.25) is 0 Å². The van der Waals surface area contributed by atoms with Gasteiger partial charge in [-0.15, -0.1) is 0 Å². The average molecular weight is 283 g/mol. The minimum absolute atomic E-state index is 0.167. The number of nitrogens with two attached hydrogens (primary N) is 1. The SMILES string of the molecule is Cn1cc(-c2ccccc2C(F)(F)F)c(CCCN)n1. The van der Waals surface area contributed by atoms with E-state index in [9.17, 15) is 13.2 Å². The molecule has 0 aliphatic carbocycles. The van der Waals surface area contributed by atoms with Gasteiger partial charge in [-0.05, 0) is 31.0 Å². The van der Waals surface area contributed by atoms with Gasteiger partial charge in [0.05, 0.1) is 11.3 Å². The van der Waals surface area contributed by atoms with Crippen LogP contribution in [0.2, 0.25) is 0 Å². The predicted octanol–water partition coefficient (Wildman–Crippen LogP) is 3.00. The molecule has 2 aromatic rings. The maximum absolute atomic E-state index is 13.1. The predicted molar refractivity (Wildman–Crippen MR) is 71.0 cm³/mol. The van der Waals surface area contributed by atoms with Crippen molar-refractivity contribution >= 4 is 0 Å². The van der Waals surface area contributed by atoms with Crippen LogP contribution in [-0.4, -0.2) is 16.3 Å². The van der Waals surface area contributed by atoms with Gasteiger partial charge in [0, 0.05) is 18.8 Å². The van der Waals surface area contributed by atoms with Crippen LogP contribution in [-0.2, 0) is 19.6 Å². The van der Waals surface area contributed by atoms with E-state index < -0.39 is 11.7 Å². The number of halogens is 3. The van der Waals surface area contributed by atoms with E-state index in [1.165, 1.54) is 16.8 Å². The van der Waals surface area contributed by atoms with Crippen LogP contribution in [0.5, 0.6) is 0 Å². The van der Waals surface area contributed by atoms with Gasteiger partial charge >= 0.3 is 6.18 Å². The zero-order chi connectivity index (χ0) is 14.8. The summed E-state index contributed by atoms with van der Waals surface area (Å²) in [4.78, 5) is 0. The van der Waals surface area contributed by atoms with Crippen molar-refractivity contribution in [3.05, 3.63) is 41.7 Å². The highest BCUT2D eigenvalue weighted by Crippen LogP contribution is 2.37. The molecule has 6 heteroatoms. The second-order valence-corrected chi connectivity index (χ2v) is 4.60. The number of nitrogens with zero attached hydrogens (tertiary/aromatic N) is 2. The van der Waals surface area contributed by atoms with Crippen molar-refractivity contribution in [2.75, 3.05) is 6.54 Å². The number of hydrogen-bond acceptors (Lipinski definition) is 2. The van der Waals surface area contributed by atoms with Crippen LogP contribution in [0.15, 0.2) is 30.5 Å². The molecule has 108 valence electrons. The minimum Gasteiger partial charge on any atom is -0.330 e. The van der Waals surface area contributed by atoms with Gasteiger partial charge in [-0.2, -0.15) is 18.3 Å². The monoisotopic (exact) mass is 283 g/mol. The third kappa shape index (κ3) is 3.01. The largest absolute Gasteiger partial charge is 0.417 e. The van der Waals surface area contributed by atoms with Crippen LogP contribution in [0, 0.1) is 0 Å². The van der Waals surface area contributed by atoms with Gasteiger partial charge in [0.25, 0.3) is 0 Å². The normalized spacial score (nSPS) is 11.8. The summed E-state index contributed by atoms with van der Waals surface area (Å²) in [5, 5.41) is 4.24. The van der Waals surface area contributed by atoms with E-state index in [0.717, 1.165) is 6.07 Å². The van der Waals surface area contributed by atoms with E-state index in [2.05, 4.69) is 5.10 Å². The Kier molecular flexibility index (Phi) is 4.13. The first-order chi connectivity index (χ1) is 9.43. The Morgan fingerprint density at radius 3 is 2.55 bits per heavy atom. The van der Waals surface area contributed by atoms with Gasteiger partial charge < -0.3 is 5.73 Å². The summed E-state index contributed by atoms with van der Waals surface area (Å²) in [5.41, 5.74) is 6.16. The summed E-state index contributed by atoms with van der Waals surface area (Å²) in [7, 11) is 1.70. The molecule has 0 spiro atoms. The lowest BCUT2D eigenvalue weighted by atomic mass is 9.98. The summed E-state index contributed by atoms with van der Waals surface area (Å²) >= 11 is 0. The first kappa shape index (κ1) is 14.6. The number of hydrogen-bond donors (Lipinski definition) is 1. The van der Waals surface area contributed by atoms with Crippen LogP contribution in [0.4, 0.5) is 13.2 Å². The lowest BCUT2D eigenvalue weighted by Gasteiger charge is -2.12. The van der Waals surface area contributed by atoms with Crippen LogP contribution < -0.4 is 5.73 Å². The van der Waals surface area contributed by atoms with E-state index in [0.29, 0.717) is 30.6 Å². The van der Waals surface area contributed by atoms with Crippen molar-refractivity contribution < 1.29 is 13.2 Å². The standard InChI is InChI=1S/C14H16F3N3/c1-20-9-11(13(19-20)7-4-8-18)10-5-2-3-6-12(10)14(15,16)17/h2-3,5-6,9H,4,7-8,18H2,1H3. The van der Waals surface area contributed by atoms with Gasteiger partial charge in [0.1, 0.15) is 0 Å². The van der Waals surface area contributed by atoms with Gasteiger partial charge in [-0.3, -0.25) is 4.68 Å². The lowest BCUT2D eigenvalue weighted by molar-refractivity contribution is -0.137. The van der Waals surface area contributed by atoms with Crippen LogP contribution in [0.25, 0.3) is 11.1 Å². The lowest BCUT2D eigenvalue weighted by Crippen LogP contribution is -2.07. The molecule has 0 fully saturated rings. The maximum Gasteiger partial charge on any atom is 0.417 e. The zero-order valence-electron chi connectivity index (χ0n) is 11.1.